The highest BCUT2D eigenvalue weighted by Gasteiger charge is 2.19. The standard InChI is InChI=1S/C13H16N4O/c1-9(2)16-6-3-4-11(16)10-8-12-14-13(18)5-7-17(12)15-10/h3-4,6,8-9H,5,7H2,1-2H3,(H,14,18). The molecule has 0 fully saturated rings. The van der Waals surface area contributed by atoms with Crippen LogP contribution in [0.5, 0.6) is 0 Å². The van der Waals surface area contributed by atoms with Crippen LogP contribution in [-0.4, -0.2) is 20.3 Å². The van der Waals surface area contributed by atoms with Crippen molar-refractivity contribution in [1.29, 1.82) is 0 Å². The molecule has 1 aliphatic rings. The lowest BCUT2D eigenvalue weighted by Crippen LogP contribution is -2.23. The normalized spacial score (nSPS) is 14.7. The average molecular weight is 244 g/mol. The first kappa shape index (κ1) is 11.1. The summed E-state index contributed by atoms with van der Waals surface area (Å²) in [6.45, 7) is 4.94. The number of nitrogens with one attached hydrogen (secondary N) is 1. The van der Waals surface area contributed by atoms with Gasteiger partial charge in [-0.05, 0) is 26.0 Å². The topological polar surface area (TPSA) is 51.9 Å². The molecule has 1 aliphatic heterocycles. The highest BCUT2D eigenvalue weighted by Crippen LogP contribution is 2.26. The maximum Gasteiger partial charge on any atom is 0.227 e. The number of hydrogen-bond donors (Lipinski definition) is 1. The molecular formula is C13H16N4O. The van der Waals surface area contributed by atoms with Crippen molar-refractivity contribution in [3.05, 3.63) is 24.4 Å². The van der Waals surface area contributed by atoms with Gasteiger partial charge in [0.2, 0.25) is 5.91 Å². The molecule has 0 saturated heterocycles. The van der Waals surface area contributed by atoms with Crippen molar-refractivity contribution in [2.75, 3.05) is 5.32 Å². The van der Waals surface area contributed by atoms with Gasteiger partial charge in [0, 0.05) is 24.7 Å². The Balaban J connectivity index is 2.03. The number of amides is 1. The molecule has 0 aromatic carbocycles. The highest BCUT2D eigenvalue weighted by molar-refractivity contribution is 5.91. The molecule has 0 saturated carbocycles. The van der Waals surface area contributed by atoms with Gasteiger partial charge >= 0.3 is 0 Å². The minimum Gasteiger partial charge on any atom is -0.344 e. The van der Waals surface area contributed by atoms with Crippen LogP contribution >= 0.6 is 0 Å². The Kier molecular flexibility index (Phi) is 2.47. The molecule has 94 valence electrons. The van der Waals surface area contributed by atoms with Crippen LogP contribution in [0.25, 0.3) is 11.4 Å². The fraction of sp³-hybridized carbons (Fsp3) is 0.385. The smallest absolute Gasteiger partial charge is 0.227 e. The molecule has 18 heavy (non-hydrogen) atoms. The van der Waals surface area contributed by atoms with Crippen molar-refractivity contribution < 1.29 is 4.79 Å². The van der Waals surface area contributed by atoms with Crippen molar-refractivity contribution >= 4 is 11.7 Å². The van der Waals surface area contributed by atoms with Crippen molar-refractivity contribution in [2.24, 2.45) is 0 Å². The first-order valence-electron chi connectivity index (χ1n) is 6.20. The predicted octanol–water partition coefficient (Wildman–Crippen LogP) is 2.27. The number of aryl methyl sites for hydroxylation is 1. The molecule has 2 aromatic heterocycles. The van der Waals surface area contributed by atoms with E-state index >= 15 is 0 Å². The summed E-state index contributed by atoms with van der Waals surface area (Å²) in [4.78, 5) is 11.3. The maximum absolute atomic E-state index is 11.3. The van der Waals surface area contributed by atoms with Gasteiger partial charge in [-0.1, -0.05) is 0 Å². The van der Waals surface area contributed by atoms with E-state index in [9.17, 15) is 4.79 Å². The van der Waals surface area contributed by atoms with Gasteiger partial charge in [-0.2, -0.15) is 5.10 Å². The first-order valence-corrected chi connectivity index (χ1v) is 6.20. The lowest BCUT2D eigenvalue weighted by Gasteiger charge is -2.13. The second-order valence-corrected chi connectivity index (χ2v) is 4.83. The van der Waals surface area contributed by atoms with Crippen LogP contribution in [-0.2, 0) is 11.3 Å². The lowest BCUT2D eigenvalue weighted by atomic mass is 10.2. The minimum atomic E-state index is 0.0631. The molecule has 0 radical (unpaired) electrons. The van der Waals surface area contributed by atoms with Crippen LogP contribution in [0.2, 0.25) is 0 Å². The monoisotopic (exact) mass is 244 g/mol. The van der Waals surface area contributed by atoms with Crippen LogP contribution in [0.4, 0.5) is 5.82 Å². The average Bonchev–Trinajstić information content (AvgIpc) is 2.93. The zero-order valence-corrected chi connectivity index (χ0v) is 10.6. The predicted molar refractivity (Wildman–Crippen MR) is 69.3 cm³/mol. The quantitative estimate of drug-likeness (QED) is 0.881. The van der Waals surface area contributed by atoms with Crippen LogP contribution in [0.3, 0.4) is 0 Å². The van der Waals surface area contributed by atoms with Gasteiger partial charge in [0.05, 0.1) is 12.2 Å². The van der Waals surface area contributed by atoms with Gasteiger partial charge in [0.15, 0.2) is 0 Å². The summed E-state index contributed by atoms with van der Waals surface area (Å²) in [5.41, 5.74) is 1.99. The molecule has 0 spiro atoms. The number of fused-ring (bicyclic) bond motifs is 1. The van der Waals surface area contributed by atoms with Crippen LogP contribution in [0, 0.1) is 0 Å². The summed E-state index contributed by atoms with van der Waals surface area (Å²) in [7, 11) is 0. The van der Waals surface area contributed by atoms with Crippen molar-refractivity contribution in [3.63, 3.8) is 0 Å². The third kappa shape index (κ3) is 1.72. The second kappa shape index (κ2) is 4.01. The third-order valence-corrected chi connectivity index (χ3v) is 3.20. The van der Waals surface area contributed by atoms with E-state index in [0.29, 0.717) is 19.0 Å². The lowest BCUT2D eigenvalue weighted by molar-refractivity contribution is -0.116. The Morgan fingerprint density at radius 1 is 1.44 bits per heavy atom. The number of nitrogens with zero attached hydrogens (tertiary/aromatic N) is 3. The van der Waals surface area contributed by atoms with E-state index < -0.39 is 0 Å². The van der Waals surface area contributed by atoms with E-state index in [1.807, 2.05) is 16.8 Å². The summed E-state index contributed by atoms with van der Waals surface area (Å²) >= 11 is 0. The molecule has 0 unspecified atom stereocenters. The molecule has 0 bridgehead atoms. The van der Waals surface area contributed by atoms with E-state index in [0.717, 1.165) is 17.2 Å². The number of hydrogen-bond acceptors (Lipinski definition) is 2. The maximum atomic E-state index is 11.3. The Labute approximate surface area is 105 Å². The van der Waals surface area contributed by atoms with Crippen molar-refractivity contribution in [2.45, 2.75) is 32.9 Å². The number of aromatic nitrogens is 3. The Morgan fingerprint density at radius 3 is 3.06 bits per heavy atom. The van der Waals surface area contributed by atoms with Gasteiger partial charge in [0.25, 0.3) is 0 Å². The number of carbonyl (C=O) groups is 1. The van der Waals surface area contributed by atoms with Gasteiger partial charge in [0.1, 0.15) is 11.5 Å². The van der Waals surface area contributed by atoms with Gasteiger partial charge in [-0.3, -0.25) is 4.79 Å². The largest absolute Gasteiger partial charge is 0.344 e. The van der Waals surface area contributed by atoms with Gasteiger partial charge in [-0.25, -0.2) is 4.68 Å². The van der Waals surface area contributed by atoms with Crippen molar-refractivity contribution in [3.8, 4) is 11.4 Å². The zero-order chi connectivity index (χ0) is 12.7. The van der Waals surface area contributed by atoms with E-state index in [1.165, 1.54) is 0 Å². The molecule has 5 nitrogen and oxygen atoms in total. The number of anilines is 1. The fourth-order valence-electron chi connectivity index (χ4n) is 2.29. The summed E-state index contributed by atoms with van der Waals surface area (Å²) in [6, 6.07) is 6.40. The van der Waals surface area contributed by atoms with Crippen molar-refractivity contribution in [1.82, 2.24) is 14.3 Å². The highest BCUT2D eigenvalue weighted by atomic mass is 16.1. The molecular weight excluding hydrogens is 228 g/mol. The molecule has 3 heterocycles. The molecule has 1 N–H and O–H groups in total. The Bertz CT molecular complexity index is 594. The molecule has 0 aliphatic carbocycles. The van der Waals surface area contributed by atoms with Gasteiger partial charge < -0.3 is 9.88 Å². The zero-order valence-electron chi connectivity index (χ0n) is 10.6. The summed E-state index contributed by atoms with van der Waals surface area (Å²) in [5, 5.41) is 7.40. The van der Waals surface area contributed by atoms with Crippen LogP contribution in [0.1, 0.15) is 26.3 Å². The number of rotatable bonds is 2. The van der Waals surface area contributed by atoms with E-state index in [4.69, 9.17) is 0 Å². The second-order valence-electron chi connectivity index (χ2n) is 4.83. The minimum absolute atomic E-state index is 0.0631. The first-order chi connectivity index (χ1) is 8.65. The summed E-state index contributed by atoms with van der Waals surface area (Å²) < 4.78 is 4.03. The van der Waals surface area contributed by atoms with Gasteiger partial charge in [-0.15, -0.1) is 0 Å². The Hall–Kier alpha value is -2.04. The number of carbonyl (C=O) groups excluding carboxylic acids is 1. The van der Waals surface area contributed by atoms with E-state index in [-0.39, 0.29) is 5.91 Å². The summed E-state index contributed by atoms with van der Waals surface area (Å²) in [6.07, 6.45) is 2.55. The van der Waals surface area contributed by atoms with Crippen LogP contribution in [0.15, 0.2) is 24.4 Å². The molecule has 0 atom stereocenters. The Morgan fingerprint density at radius 2 is 2.28 bits per heavy atom. The molecule has 2 aromatic rings. The SMILES string of the molecule is CC(C)n1cccc1-c1cc2n(n1)CCC(=O)N2. The molecule has 5 heteroatoms. The molecule has 1 amide bonds. The summed E-state index contributed by atoms with van der Waals surface area (Å²) in [5.74, 6) is 0.853. The van der Waals surface area contributed by atoms with Crippen LogP contribution < -0.4 is 5.32 Å². The fourth-order valence-corrected chi connectivity index (χ4v) is 2.29. The van der Waals surface area contributed by atoms with E-state index in [2.05, 4.69) is 41.1 Å². The van der Waals surface area contributed by atoms with E-state index in [1.54, 1.807) is 0 Å². The molecule has 3 rings (SSSR count). The third-order valence-electron chi connectivity index (χ3n) is 3.20.